The Morgan fingerprint density at radius 3 is 2.23 bits per heavy atom. The predicted octanol–water partition coefficient (Wildman–Crippen LogP) is 5.25. The summed E-state index contributed by atoms with van der Waals surface area (Å²) in [5, 5.41) is 4.47. The Morgan fingerprint density at radius 2 is 1.58 bits per heavy atom. The van der Waals surface area contributed by atoms with Crippen LogP contribution in [0.5, 0.6) is 0 Å². The molecule has 0 aliphatic heterocycles. The van der Waals surface area contributed by atoms with Crippen molar-refractivity contribution in [2.75, 3.05) is 6.54 Å². The second kappa shape index (κ2) is 7.28. The largest absolute Gasteiger partial charge is 0.352 e. The number of amides is 1. The van der Waals surface area contributed by atoms with Crippen LogP contribution in [0.15, 0.2) is 60.7 Å². The predicted molar refractivity (Wildman–Crippen MR) is 105 cm³/mol. The highest BCUT2D eigenvalue weighted by atomic mass is 19.1. The molecule has 0 saturated heterocycles. The van der Waals surface area contributed by atoms with Crippen LogP contribution < -0.4 is 5.32 Å². The average molecular weight is 349 g/mol. The van der Waals surface area contributed by atoms with E-state index in [9.17, 15) is 9.18 Å². The van der Waals surface area contributed by atoms with E-state index < -0.39 is 0 Å². The Labute approximate surface area is 154 Å². The number of hydrogen-bond acceptors (Lipinski definition) is 1. The summed E-state index contributed by atoms with van der Waals surface area (Å²) in [7, 11) is 0. The SMILES string of the molecule is CC(C)(C)c1ccc(C(=O)NCCc2ccc(F)c3ccccc23)cc1. The van der Waals surface area contributed by atoms with Gasteiger partial charge in [-0.05, 0) is 46.5 Å². The van der Waals surface area contributed by atoms with E-state index in [1.165, 1.54) is 11.6 Å². The van der Waals surface area contributed by atoms with Gasteiger partial charge in [0.25, 0.3) is 5.91 Å². The first-order valence-corrected chi connectivity index (χ1v) is 8.91. The summed E-state index contributed by atoms with van der Waals surface area (Å²) in [5.74, 6) is -0.302. The molecule has 0 aromatic heterocycles. The van der Waals surface area contributed by atoms with E-state index in [1.807, 2.05) is 42.5 Å². The normalized spacial score (nSPS) is 11.5. The van der Waals surface area contributed by atoms with Gasteiger partial charge in [0.05, 0.1) is 0 Å². The van der Waals surface area contributed by atoms with Gasteiger partial charge in [0.2, 0.25) is 0 Å². The molecular weight excluding hydrogens is 325 g/mol. The van der Waals surface area contributed by atoms with E-state index in [4.69, 9.17) is 0 Å². The molecule has 0 heterocycles. The highest BCUT2D eigenvalue weighted by Gasteiger charge is 2.14. The summed E-state index contributed by atoms with van der Waals surface area (Å²) >= 11 is 0. The van der Waals surface area contributed by atoms with Crippen LogP contribution in [0.1, 0.15) is 42.3 Å². The van der Waals surface area contributed by atoms with E-state index in [2.05, 4.69) is 26.1 Å². The number of hydrogen-bond donors (Lipinski definition) is 1. The Bertz CT molecular complexity index is 923. The van der Waals surface area contributed by atoms with Gasteiger partial charge in [-0.15, -0.1) is 0 Å². The summed E-state index contributed by atoms with van der Waals surface area (Å²) in [4.78, 5) is 12.3. The van der Waals surface area contributed by atoms with Crippen LogP contribution in [0.25, 0.3) is 10.8 Å². The molecule has 1 N–H and O–H groups in total. The molecule has 0 radical (unpaired) electrons. The van der Waals surface area contributed by atoms with Crippen molar-refractivity contribution in [3.8, 4) is 0 Å². The fourth-order valence-corrected chi connectivity index (χ4v) is 3.08. The Balaban J connectivity index is 1.65. The molecule has 3 aromatic carbocycles. The van der Waals surface area contributed by atoms with Gasteiger partial charge in [-0.2, -0.15) is 0 Å². The molecule has 0 atom stereocenters. The van der Waals surface area contributed by atoms with Crippen LogP contribution in [0, 0.1) is 5.82 Å². The third kappa shape index (κ3) is 3.93. The summed E-state index contributed by atoms with van der Waals surface area (Å²) in [6.07, 6.45) is 0.659. The van der Waals surface area contributed by atoms with Crippen LogP contribution in [-0.2, 0) is 11.8 Å². The van der Waals surface area contributed by atoms with Gasteiger partial charge >= 0.3 is 0 Å². The monoisotopic (exact) mass is 349 g/mol. The van der Waals surface area contributed by atoms with Gasteiger partial charge in [-0.1, -0.05) is 63.2 Å². The second-order valence-electron chi connectivity index (χ2n) is 7.59. The van der Waals surface area contributed by atoms with Gasteiger partial charge in [-0.3, -0.25) is 4.79 Å². The van der Waals surface area contributed by atoms with Crippen molar-refractivity contribution in [2.24, 2.45) is 0 Å². The van der Waals surface area contributed by atoms with Crippen molar-refractivity contribution in [1.82, 2.24) is 5.32 Å². The molecule has 0 aliphatic carbocycles. The van der Waals surface area contributed by atoms with E-state index in [0.717, 1.165) is 10.9 Å². The number of halogens is 1. The quantitative estimate of drug-likeness (QED) is 0.685. The number of carbonyl (C=O) groups is 1. The Kier molecular flexibility index (Phi) is 5.08. The molecule has 3 rings (SSSR count). The van der Waals surface area contributed by atoms with E-state index in [0.29, 0.717) is 23.9 Å². The van der Waals surface area contributed by atoms with E-state index in [-0.39, 0.29) is 17.1 Å². The zero-order valence-corrected chi connectivity index (χ0v) is 15.5. The molecule has 1 amide bonds. The first-order valence-electron chi connectivity index (χ1n) is 8.91. The molecule has 134 valence electrons. The lowest BCUT2D eigenvalue weighted by Gasteiger charge is -2.19. The van der Waals surface area contributed by atoms with Gasteiger partial charge in [0, 0.05) is 17.5 Å². The fourth-order valence-electron chi connectivity index (χ4n) is 3.08. The highest BCUT2D eigenvalue weighted by molar-refractivity contribution is 5.94. The third-order valence-corrected chi connectivity index (χ3v) is 4.65. The minimum Gasteiger partial charge on any atom is -0.352 e. The van der Waals surface area contributed by atoms with Crippen molar-refractivity contribution >= 4 is 16.7 Å². The third-order valence-electron chi connectivity index (χ3n) is 4.65. The molecule has 3 aromatic rings. The summed E-state index contributed by atoms with van der Waals surface area (Å²) in [6.45, 7) is 6.95. The van der Waals surface area contributed by atoms with E-state index >= 15 is 0 Å². The Morgan fingerprint density at radius 1 is 0.923 bits per heavy atom. The minimum absolute atomic E-state index is 0.0681. The topological polar surface area (TPSA) is 29.1 Å². The van der Waals surface area contributed by atoms with E-state index in [1.54, 1.807) is 12.1 Å². The Hall–Kier alpha value is -2.68. The average Bonchev–Trinajstić information content (AvgIpc) is 2.63. The molecule has 0 bridgehead atoms. The summed E-state index contributed by atoms with van der Waals surface area (Å²) < 4.78 is 13.9. The van der Waals surface area contributed by atoms with Crippen molar-refractivity contribution < 1.29 is 9.18 Å². The maximum Gasteiger partial charge on any atom is 0.251 e. The summed E-state index contributed by atoms with van der Waals surface area (Å²) in [6, 6.07) is 18.5. The fraction of sp³-hybridized carbons (Fsp3) is 0.261. The van der Waals surface area contributed by atoms with Gasteiger partial charge < -0.3 is 5.32 Å². The molecular formula is C23H24FNO. The molecule has 0 unspecified atom stereocenters. The van der Waals surface area contributed by atoms with Crippen LogP contribution in [0.4, 0.5) is 4.39 Å². The number of carbonyl (C=O) groups excluding carboxylic acids is 1. The van der Waals surface area contributed by atoms with Crippen molar-refractivity contribution in [3.05, 3.63) is 83.2 Å². The zero-order chi connectivity index (χ0) is 18.7. The molecule has 0 fully saturated rings. The smallest absolute Gasteiger partial charge is 0.251 e. The lowest BCUT2D eigenvalue weighted by molar-refractivity contribution is 0.0954. The molecule has 0 aliphatic rings. The van der Waals surface area contributed by atoms with Crippen LogP contribution in [0.3, 0.4) is 0 Å². The highest BCUT2D eigenvalue weighted by Crippen LogP contribution is 2.23. The number of nitrogens with one attached hydrogen (secondary N) is 1. The standard InChI is InChI=1S/C23H24FNO/c1-23(2,3)18-11-8-17(9-12-18)22(26)25-15-14-16-10-13-21(24)20-7-5-4-6-19(16)20/h4-13H,14-15H2,1-3H3,(H,25,26). The zero-order valence-electron chi connectivity index (χ0n) is 15.5. The van der Waals surface area contributed by atoms with Crippen molar-refractivity contribution in [1.29, 1.82) is 0 Å². The van der Waals surface area contributed by atoms with Gasteiger partial charge in [-0.25, -0.2) is 4.39 Å². The lowest BCUT2D eigenvalue weighted by atomic mass is 9.87. The van der Waals surface area contributed by atoms with Crippen molar-refractivity contribution in [2.45, 2.75) is 32.6 Å². The van der Waals surface area contributed by atoms with Gasteiger partial charge in [0.15, 0.2) is 0 Å². The molecule has 0 saturated carbocycles. The molecule has 2 nitrogen and oxygen atoms in total. The van der Waals surface area contributed by atoms with Crippen molar-refractivity contribution in [3.63, 3.8) is 0 Å². The number of benzene rings is 3. The molecule has 26 heavy (non-hydrogen) atoms. The molecule has 0 spiro atoms. The number of rotatable bonds is 4. The molecule has 3 heteroatoms. The van der Waals surface area contributed by atoms with Crippen LogP contribution >= 0.6 is 0 Å². The maximum atomic E-state index is 13.9. The van der Waals surface area contributed by atoms with Crippen LogP contribution in [-0.4, -0.2) is 12.5 Å². The second-order valence-corrected chi connectivity index (χ2v) is 7.59. The number of fused-ring (bicyclic) bond motifs is 1. The first-order chi connectivity index (χ1) is 12.4. The lowest BCUT2D eigenvalue weighted by Crippen LogP contribution is -2.25. The summed E-state index contributed by atoms with van der Waals surface area (Å²) in [5.41, 5.74) is 2.96. The van der Waals surface area contributed by atoms with Crippen LogP contribution in [0.2, 0.25) is 0 Å². The van der Waals surface area contributed by atoms with Gasteiger partial charge in [0.1, 0.15) is 5.82 Å². The maximum absolute atomic E-state index is 13.9. The minimum atomic E-state index is -0.215. The first kappa shape index (κ1) is 18.1.